The Labute approximate surface area is 81.7 Å². The lowest BCUT2D eigenvalue weighted by molar-refractivity contribution is 0.175. The van der Waals surface area contributed by atoms with E-state index in [1.807, 2.05) is 6.92 Å². The van der Waals surface area contributed by atoms with E-state index in [0.29, 0.717) is 6.61 Å². The highest BCUT2D eigenvalue weighted by molar-refractivity contribution is 7.46. The molecule has 12 heavy (non-hydrogen) atoms. The van der Waals surface area contributed by atoms with Gasteiger partial charge in [0.1, 0.15) is 0 Å². The van der Waals surface area contributed by atoms with Crippen molar-refractivity contribution in [2.24, 2.45) is 0 Å². The molecule has 0 fully saturated rings. The fourth-order valence-electron chi connectivity index (χ4n) is 0.347. The molecule has 72 valence electrons. The van der Waals surface area contributed by atoms with Crippen LogP contribution >= 0.6 is 7.82 Å². The molecule has 0 radical (unpaired) electrons. The Morgan fingerprint density at radius 2 is 2.08 bits per heavy atom. The minimum absolute atomic E-state index is 0. The molecular weight excluding hydrogens is 198 g/mol. The fourth-order valence-corrected chi connectivity index (χ4v) is 0.592. The second kappa shape index (κ2) is 7.81. The fraction of sp³-hybridized carbons (Fsp3) is 0.600. The molecule has 0 atom stereocenters. The standard InChI is InChI=1S/C5H11O5P.Al.3H/c1-2-9-4-3-5-10-11(6,7)8;;;;/h3,5H,2,4H2,1H3,(H2,6,7,8);;;;/b5-3+;;;;. The lowest BCUT2D eigenvalue weighted by Crippen LogP contribution is -1.88. The number of rotatable bonds is 5. The first-order chi connectivity index (χ1) is 5.06. The molecule has 0 spiro atoms. The van der Waals surface area contributed by atoms with E-state index in [-0.39, 0.29) is 24.0 Å². The normalized spacial score (nSPS) is 11.2. The summed E-state index contributed by atoms with van der Waals surface area (Å²) in [5.41, 5.74) is 0. The van der Waals surface area contributed by atoms with E-state index in [0.717, 1.165) is 6.26 Å². The van der Waals surface area contributed by atoms with E-state index in [1.165, 1.54) is 6.08 Å². The summed E-state index contributed by atoms with van der Waals surface area (Å²) in [6.07, 6.45) is 2.30. The Hall–Kier alpha value is 0.182. The van der Waals surface area contributed by atoms with Gasteiger partial charge in [-0.25, -0.2) is 4.57 Å². The maximum absolute atomic E-state index is 10.0. The Morgan fingerprint density at radius 3 is 2.50 bits per heavy atom. The van der Waals surface area contributed by atoms with Gasteiger partial charge in [0.15, 0.2) is 17.4 Å². The third kappa shape index (κ3) is 12.8. The van der Waals surface area contributed by atoms with E-state index in [2.05, 4.69) is 4.52 Å². The van der Waals surface area contributed by atoms with Crippen molar-refractivity contribution in [2.75, 3.05) is 13.2 Å². The largest absolute Gasteiger partial charge is 0.524 e. The third-order valence-corrected chi connectivity index (χ3v) is 1.11. The molecule has 2 N–H and O–H groups in total. The van der Waals surface area contributed by atoms with Gasteiger partial charge >= 0.3 is 7.82 Å². The summed E-state index contributed by atoms with van der Waals surface area (Å²) in [4.78, 5) is 16.3. The molecule has 0 saturated heterocycles. The van der Waals surface area contributed by atoms with Crippen molar-refractivity contribution in [3.05, 3.63) is 12.3 Å². The van der Waals surface area contributed by atoms with E-state index in [4.69, 9.17) is 14.5 Å². The number of phosphoric ester groups is 1. The molecular formula is C5H14AlO5P. The van der Waals surface area contributed by atoms with Crippen LogP contribution in [0.1, 0.15) is 6.92 Å². The lowest BCUT2D eigenvalue weighted by atomic mass is 10.7. The molecule has 0 aliphatic carbocycles. The molecule has 0 aromatic heterocycles. The Bertz CT molecular complexity index is 165. The van der Waals surface area contributed by atoms with Crippen LogP contribution in [0.2, 0.25) is 0 Å². The molecule has 0 aromatic rings. The van der Waals surface area contributed by atoms with Gasteiger partial charge in [-0.2, -0.15) is 0 Å². The first-order valence-electron chi connectivity index (χ1n) is 3.03. The minimum Gasteiger partial charge on any atom is -0.412 e. The SMILES string of the molecule is CCOC/C=C/OP(=O)(O)O.[AlH3]. The van der Waals surface area contributed by atoms with Crippen molar-refractivity contribution in [1.82, 2.24) is 0 Å². The summed E-state index contributed by atoms with van der Waals surface area (Å²) >= 11 is 0. The van der Waals surface area contributed by atoms with Gasteiger partial charge in [-0.1, -0.05) is 0 Å². The molecule has 0 heterocycles. The van der Waals surface area contributed by atoms with Crippen LogP contribution in [0.15, 0.2) is 12.3 Å². The highest BCUT2D eigenvalue weighted by atomic mass is 31.2. The van der Waals surface area contributed by atoms with Crippen LogP contribution in [0.4, 0.5) is 0 Å². The molecule has 0 aliphatic rings. The summed E-state index contributed by atoms with van der Waals surface area (Å²) < 4.78 is 18.9. The van der Waals surface area contributed by atoms with E-state index >= 15 is 0 Å². The average Bonchev–Trinajstić information content (AvgIpc) is 1.85. The molecule has 0 saturated carbocycles. The molecule has 0 bridgehead atoms. The van der Waals surface area contributed by atoms with Gasteiger partial charge < -0.3 is 9.26 Å². The lowest BCUT2D eigenvalue weighted by Gasteiger charge is -1.99. The molecule has 0 amide bonds. The van der Waals surface area contributed by atoms with E-state index in [9.17, 15) is 4.57 Å². The second-order valence-corrected chi connectivity index (χ2v) is 2.82. The van der Waals surface area contributed by atoms with Gasteiger partial charge in [-0.15, -0.1) is 0 Å². The summed E-state index contributed by atoms with van der Waals surface area (Å²) in [7, 11) is -4.36. The van der Waals surface area contributed by atoms with Crippen LogP contribution in [0.25, 0.3) is 0 Å². The van der Waals surface area contributed by atoms with Crippen molar-refractivity contribution in [2.45, 2.75) is 6.92 Å². The predicted octanol–water partition coefficient (Wildman–Crippen LogP) is -0.538. The van der Waals surface area contributed by atoms with Crippen molar-refractivity contribution in [3.63, 3.8) is 0 Å². The highest BCUT2D eigenvalue weighted by Gasteiger charge is 2.10. The molecule has 5 nitrogen and oxygen atoms in total. The summed E-state index contributed by atoms with van der Waals surface area (Å²) in [6, 6.07) is 0. The van der Waals surface area contributed by atoms with E-state index in [1.54, 1.807) is 0 Å². The van der Waals surface area contributed by atoms with Crippen LogP contribution in [-0.2, 0) is 13.8 Å². The zero-order valence-electron chi connectivity index (χ0n) is 6.14. The maximum Gasteiger partial charge on any atom is 0.524 e. The van der Waals surface area contributed by atoms with Crippen molar-refractivity contribution in [3.8, 4) is 0 Å². The van der Waals surface area contributed by atoms with E-state index < -0.39 is 7.82 Å². The summed E-state index contributed by atoms with van der Waals surface area (Å²) in [6.45, 7) is 2.66. The number of ether oxygens (including phenoxy) is 1. The molecule has 7 heteroatoms. The third-order valence-electron chi connectivity index (χ3n) is 0.713. The number of hydrogen-bond donors (Lipinski definition) is 2. The quantitative estimate of drug-likeness (QED) is 0.277. The maximum atomic E-state index is 10.0. The van der Waals surface area contributed by atoms with Crippen LogP contribution in [0.3, 0.4) is 0 Å². The van der Waals surface area contributed by atoms with Crippen molar-refractivity contribution >= 4 is 25.2 Å². The first-order valence-corrected chi connectivity index (χ1v) is 4.56. The number of phosphoric acid groups is 1. The highest BCUT2D eigenvalue weighted by Crippen LogP contribution is 2.35. The number of hydrogen-bond acceptors (Lipinski definition) is 3. The summed E-state index contributed by atoms with van der Waals surface area (Å²) in [5, 5.41) is 0. The zero-order chi connectivity index (χ0) is 8.74. The van der Waals surface area contributed by atoms with Gasteiger partial charge in [-0.3, -0.25) is 9.79 Å². The minimum atomic E-state index is -4.36. The first kappa shape index (κ1) is 14.7. The monoisotopic (exact) mass is 212 g/mol. The Balaban J connectivity index is 0. The van der Waals surface area contributed by atoms with Gasteiger partial charge in [0.05, 0.1) is 12.9 Å². The predicted molar refractivity (Wildman–Crippen MR) is 48.7 cm³/mol. The zero-order valence-corrected chi connectivity index (χ0v) is 7.03. The average molecular weight is 212 g/mol. The van der Waals surface area contributed by atoms with Crippen LogP contribution in [0.5, 0.6) is 0 Å². The smallest absolute Gasteiger partial charge is 0.412 e. The van der Waals surface area contributed by atoms with Crippen LogP contribution in [-0.4, -0.2) is 40.4 Å². The van der Waals surface area contributed by atoms with Gasteiger partial charge in [0, 0.05) is 6.61 Å². The molecule has 0 aliphatic heterocycles. The second-order valence-electron chi connectivity index (χ2n) is 1.63. The summed E-state index contributed by atoms with van der Waals surface area (Å²) in [5.74, 6) is 0. The Kier molecular flexibility index (Phi) is 9.57. The van der Waals surface area contributed by atoms with Crippen molar-refractivity contribution in [1.29, 1.82) is 0 Å². The van der Waals surface area contributed by atoms with Gasteiger partial charge in [-0.05, 0) is 13.0 Å². The van der Waals surface area contributed by atoms with Gasteiger partial charge in [0.25, 0.3) is 0 Å². The van der Waals surface area contributed by atoms with Crippen LogP contribution in [0, 0.1) is 0 Å². The van der Waals surface area contributed by atoms with Crippen LogP contribution < -0.4 is 0 Å². The molecule has 0 aromatic carbocycles. The Morgan fingerprint density at radius 1 is 1.50 bits per heavy atom. The molecule has 0 unspecified atom stereocenters. The topological polar surface area (TPSA) is 76.0 Å². The molecule has 0 rings (SSSR count). The van der Waals surface area contributed by atoms with Gasteiger partial charge in [0.2, 0.25) is 0 Å². The van der Waals surface area contributed by atoms with Crippen molar-refractivity contribution < 1.29 is 23.6 Å².